The Morgan fingerprint density at radius 1 is 1.20 bits per heavy atom. The van der Waals surface area contributed by atoms with Crippen LogP contribution >= 0.6 is 0 Å². The van der Waals surface area contributed by atoms with Gasteiger partial charge in [-0.05, 0) is 0 Å². The predicted octanol–water partition coefficient (Wildman–Crippen LogP) is 2.04. The molecular weight excluding hydrogens is 194 g/mol. The molecule has 0 aliphatic rings. The zero-order valence-corrected chi connectivity index (χ0v) is 6.89. The second kappa shape index (κ2) is 2.22. The van der Waals surface area contributed by atoms with Gasteiger partial charge in [-0.1, -0.05) is 0 Å². The molecule has 10 heavy (non-hydrogen) atoms. The Bertz CT molecular complexity index is 351. The number of fused-ring (bicyclic) bond motifs is 1. The van der Waals surface area contributed by atoms with Gasteiger partial charge in [0.15, 0.2) is 0 Å². The van der Waals surface area contributed by atoms with Crippen LogP contribution in [0.2, 0.25) is 0 Å². The van der Waals surface area contributed by atoms with Gasteiger partial charge in [-0.25, -0.2) is 0 Å². The standard InChI is InChI=1S/C8H5FSe/c9-7-3-1-2-6-4-5-10-8(6)7/h1-5H. The maximum absolute atomic E-state index is 12.9. The minimum absolute atomic E-state index is 0.0532. The normalized spacial score (nSPS) is 10.5. The van der Waals surface area contributed by atoms with Crippen molar-refractivity contribution in [3.63, 3.8) is 0 Å². The Balaban J connectivity index is 2.95. The molecule has 0 fully saturated rings. The van der Waals surface area contributed by atoms with Gasteiger partial charge in [0.25, 0.3) is 0 Å². The van der Waals surface area contributed by atoms with E-state index in [2.05, 4.69) is 0 Å². The molecule has 0 unspecified atom stereocenters. The summed E-state index contributed by atoms with van der Waals surface area (Å²) in [6.45, 7) is 0. The average molecular weight is 199 g/mol. The van der Waals surface area contributed by atoms with Gasteiger partial charge in [0, 0.05) is 0 Å². The minimum atomic E-state index is -0.0532. The average Bonchev–Trinajstić information content (AvgIpc) is 2.36. The van der Waals surface area contributed by atoms with Crippen LogP contribution in [0, 0.1) is 5.82 Å². The van der Waals surface area contributed by atoms with Gasteiger partial charge in [-0.15, -0.1) is 0 Å². The molecule has 0 saturated carbocycles. The van der Waals surface area contributed by atoms with Crippen molar-refractivity contribution in [2.75, 3.05) is 0 Å². The van der Waals surface area contributed by atoms with E-state index in [0.29, 0.717) is 0 Å². The quantitative estimate of drug-likeness (QED) is 0.569. The Hall–Kier alpha value is -0.591. The molecule has 0 atom stereocenters. The molecule has 0 N–H and O–H groups in total. The topological polar surface area (TPSA) is 0 Å². The molecule has 0 aliphatic carbocycles. The Morgan fingerprint density at radius 3 is 2.90 bits per heavy atom. The van der Waals surface area contributed by atoms with E-state index in [4.69, 9.17) is 0 Å². The van der Waals surface area contributed by atoms with Gasteiger partial charge in [0.1, 0.15) is 0 Å². The van der Waals surface area contributed by atoms with Crippen molar-refractivity contribution in [2.45, 2.75) is 0 Å². The summed E-state index contributed by atoms with van der Waals surface area (Å²) < 4.78 is 13.8. The molecule has 1 aromatic heterocycles. The summed E-state index contributed by atoms with van der Waals surface area (Å²) in [6.07, 6.45) is 0. The molecule has 0 radical (unpaired) electrons. The predicted molar refractivity (Wildman–Crippen MR) is 40.8 cm³/mol. The van der Waals surface area contributed by atoms with Gasteiger partial charge in [-0.2, -0.15) is 0 Å². The van der Waals surface area contributed by atoms with Crippen LogP contribution in [0.4, 0.5) is 4.39 Å². The molecule has 50 valence electrons. The van der Waals surface area contributed by atoms with E-state index in [1.54, 1.807) is 6.07 Å². The number of rotatable bonds is 0. The molecule has 0 saturated heterocycles. The van der Waals surface area contributed by atoms with Crippen LogP contribution in [0.25, 0.3) is 9.65 Å². The SMILES string of the molecule is Fc1cccc2cc[se]c12. The van der Waals surface area contributed by atoms with E-state index in [-0.39, 0.29) is 20.3 Å². The monoisotopic (exact) mass is 200 g/mol. The first-order chi connectivity index (χ1) is 4.88. The van der Waals surface area contributed by atoms with Gasteiger partial charge >= 0.3 is 63.6 Å². The fourth-order valence-electron chi connectivity index (χ4n) is 0.956. The molecule has 1 heterocycles. The third-order valence-electron chi connectivity index (χ3n) is 1.43. The summed E-state index contributed by atoms with van der Waals surface area (Å²) in [4.78, 5) is 2.04. The van der Waals surface area contributed by atoms with Crippen molar-refractivity contribution in [3.8, 4) is 0 Å². The van der Waals surface area contributed by atoms with Gasteiger partial charge in [0.05, 0.1) is 0 Å². The van der Waals surface area contributed by atoms with E-state index in [0.717, 1.165) is 9.65 Å². The van der Waals surface area contributed by atoms with Crippen molar-refractivity contribution in [1.29, 1.82) is 0 Å². The van der Waals surface area contributed by atoms with Crippen LogP contribution in [-0.2, 0) is 0 Å². The summed E-state index contributed by atoms with van der Waals surface area (Å²) in [5, 5.41) is 1.06. The Kier molecular flexibility index (Phi) is 1.37. The fraction of sp³-hybridized carbons (Fsp3) is 0. The zero-order chi connectivity index (χ0) is 6.97. The maximum atomic E-state index is 12.9. The second-order valence-corrected chi connectivity index (χ2v) is 4.00. The van der Waals surface area contributed by atoms with Crippen molar-refractivity contribution in [2.24, 2.45) is 0 Å². The molecule has 0 aliphatic heterocycles. The zero-order valence-electron chi connectivity index (χ0n) is 5.17. The molecular formula is C8H5FSe. The van der Waals surface area contributed by atoms with E-state index in [1.165, 1.54) is 6.07 Å². The van der Waals surface area contributed by atoms with Gasteiger partial charge in [-0.3, -0.25) is 0 Å². The van der Waals surface area contributed by atoms with Gasteiger partial charge in [0.2, 0.25) is 0 Å². The van der Waals surface area contributed by atoms with Crippen LogP contribution in [0.15, 0.2) is 29.2 Å². The van der Waals surface area contributed by atoms with E-state index in [9.17, 15) is 4.39 Å². The number of halogens is 1. The molecule has 0 amide bonds. The van der Waals surface area contributed by atoms with Crippen LogP contribution in [0.5, 0.6) is 0 Å². The molecule has 0 bridgehead atoms. The molecule has 0 nitrogen and oxygen atoms in total. The van der Waals surface area contributed by atoms with E-state index < -0.39 is 0 Å². The van der Waals surface area contributed by atoms with Crippen LogP contribution in [-0.4, -0.2) is 14.5 Å². The molecule has 2 heteroatoms. The summed E-state index contributed by atoms with van der Waals surface area (Å²) in [5.41, 5.74) is 0. The number of benzene rings is 1. The summed E-state index contributed by atoms with van der Waals surface area (Å²) >= 11 is 0.237. The van der Waals surface area contributed by atoms with Crippen molar-refractivity contribution in [3.05, 3.63) is 35.0 Å². The van der Waals surface area contributed by atoms with Crippen LogP contribution in [0.3, 0.4) is 0 Å². The summed E-state index contributed by atoms with van der Waals surface area (Å²) in [5.74, 6) is -0.0532. The van der Waals surface area contributed by atoms with Crippen LogP contribution in [0.1, 0.15) is 0 Å². The fourth-order valence-corrected chi connectivity index (χ4v) is 2.64. The Morgan fingerprint density at radius 2 is 2.10 bits per heavy atom. The van der Waals surface area contributed by atoms with Crippen molar-refractivity contribution >= 4 is 24.1 Å². The Labute approximate surface area is 64.0 Å². The third kappa shape index (κ3) is 0.808. The van der Waals surface area contributed by atoms with E-state index >= 15 is 0 Å². The summed E-state index contributed by atoms with van der Waals surface area (Å²) in [7, 11) is 0. The van der Waals surface area contributed by atoms with Crippen LogP contribution < -0.4 is 0 Å². The van der Waals surface area contributed by atoms with Crippen molar-refractivity contribution < 1.29 is 4.39 Å². The first-order valence-corrected chi connectivity index (χ1v) is 4.84. The number of hydrogen-bond donors (Lipinski definition) is 0. The molecule has 0 spiro atoms. The van der Waals surface area contributed by atoms with Crippen molar-refractivity contribution in [1.82, 2.24) is 0 Å². The first kappa shape index (κ1) is 6.14. The molecule has 2 aromatic rings. The van der Waals surface area contributed by atoms with Gasteiger partial charge < -0.3 is 0 Å². The first-order valence-electron chi connectivity index (χ1n) is 2.99. The number of hydrogen-bond acceptors (Lipinski definition) is 0. The summed E-state index contributed by atoms with van der Waals surface area (Å²) in [6, 6.07) is 7.20. The third-order valence-corrected chi connectivity index (χ3v) is 3.40. The molecule has 2 rings (SSSR count). The molecule has 1 aromatic carbocycles. The van der Waals surface area contributed by atoms with E-state index in [1.807, 2.05) is 17.1 Å². The second-order valence-electron chi connectivity index (χ2n) is 2.08.